The smallest absolute Gasteiger partial charge is 0.293 e. The molecule has 2 heterocycles. The van der Waals surface area contributed by atoms with Crippen LogP contribution in [0.2, 0.25) is 0 Å². The Morgan fingerprint density at radius 1 is 1.32 bits per heavy atom. The molecule has 0 radical (unpaired) electrons. The van der Waals surface area contributed by atoms with Crippen LogP contribution >= 0.6 is 24.8 Å². The van der Waals surface area contributed by atoms with Gasteiger partial charge in [0.1, 0.15) is 5.69 Å². The first-order valence-corrected chi connectivity index (χ1v) is 8.52. The number of nitro groups is 1. The summed E-state index contributed by atoms with van der Waals surface area (Å²) >= 11 is 0. The van der Waals surface area contributed by atoms with E-state index in [1.807, 2.05) is 25.1 Å². The van der Waals surface area contributed by atoms with Crippen LogP contribution in [0.15, 0.2) is 42.6 Å². The van der Waals surface area contributed by atoms with Crippen LogP contribution in [0.4, 0.5) is 11.4 Å². The van der Waals surface area contributed by atoms with Crippen molar-refractivity contribution >= 4 is 42.1 Å². The van der Waals surface area contributed by atoms with Crippen molar-refractivity contribution < 1.29 is 9.72 Å². The third kappa shape index (κ3) is 5.79. The van der Waals surface area contributed by atoms with Crippen molar-refractivity contribution in [2.75, 3.05) is 18.4 Å². The number of halogens is 2. The SMILES string of the molecule is CC(Nc1ccc(C(=O)NC2CCNC2)cc1[N+](=O)[O-])c1ccccn1.Cl.Cl. The molecule has 2 unspecified atom stereocenters. The van der Waals surface area contributed by atoms with E-state index in [0.29, 0.717) is 5.69 Å². The molecule has 2 atom stereocenters. The van der Waals surface area contributed by atoms with Gasteiger partial charge in [-0.1, -0.05) is 6.07 Å². The summed E-state index contributed by atoms with van der Waals surface area (Å²) in [6.07, 6.45) is 2.53. The lowest BCUT2D eigenvalue weighted by molar-refractivity contribution is -0.384. The van der Waals surface area contributed by atoms with Gasteiger partial charge in [-0.05, 0) is 44.2 Å². The molecule has 0 saturated carbocycles. The maximum atomic E-state index is 12.3. The molecular weight excluding hydrogens is 405 g/mol. The predicted octanol–water partition coefficient (Wildman–Crippen LogP) is 3.10. The van der Waals surface area contributed by atoms with Gasteiger partial charge in [-0.2, -0.15) is 0 Å². The van der Waals surface area contributed by atoms with Gasteiger partial charge in [0.05, 0.1) is 16.7 Å². The molecule has 1 aliphatic heterocycles. The first-order chi connectivity index (χ1) is 12.5. The van der Waals surface area contributed by atoms with Crippen LogP contribution in [0, 0.1) is 10.1 Å². The molecular formula is C18H23Cl2N5O3. The molecule has 1 amide bonds. The molecule has 10 heteroatoms. The summed E-state index contributed by atoms with van der Waals surface area (Å²) in [5, 5.41) is 20.6. The average Bonchev–Trinajstić information content (AvgIpc) is 3.15. The fraction of sp³-hybridized carbons (Fsp3) is 0.333. The Kier molecular flexibility index (Phi) is 9.11. The number of anilines is 1. The number of pyridine rings is 1. The van der Waals surface area contributed by atoms with Crippen LogP contribution < -0.4 is 16.0 Å². The van der Waals surface area contributed by atoms with Crippen molar-refractivity contribution in [3.05, 3.63) is 64.0 Å². The topological polar surface area (TPSA) is 109 Å². The monoisotopic (exact) mass is 427 g/mol. The lowest BCUT2D eigenvalue weighted by atomic mass is 10.1. The van der Waals surface area contributed by atoms with Crippen LogP contribution in [0.5, 0.6) is 0 Å². The molecule has 1 saturated heterocycles. The van der Waals surface area contributed by atoms with Gasteiger partial charge in [-0.3, -0.25) is 19.9 Å². The first-order valence-electron chi connectivity index (χ1n) is 8.52. The molecule has 28 heavy (non-hydrogen) atoms. The summed E-state index contributed by atoms with van der Waals surface area (Å²) in [6.45, 7) is 3.45. The van der Waals surface area contributed by atoms with Crippen LogP contribution in [0.1, 0.15) is 35.4 Å². The molecule has 1 aliphatic rings. The molecule has 8 nitrogen and oxygen atoms in total. The number of nitro benzene ring substituents is 1. The Morgan fingerprint density at radius 2 is 2.11 bits per heavy atom. The van der Waals surface area contributed by atoms with E-state index < -0.39 is 4.92 Å². The molecule has 3 rings (SSSR count). The third-order valence-corrected chi connectivity index (χ3v) is 4.36. The van der Waals surface area contributed by atoms with E-state index >= 15 is 0 Å². The standard InChI is InChI=1S/C18H21N5O3.2ClH/c1-12(15-4-2-3-8-20-15)21-16-6-5-13(10-17(16)23(25)26)18(24)22-14-7-9-19-11-14;;/h2-6,8,10,12,14,19,21H,7,9,11H2,1H3,(H,22,24);2*1H. The second kappa shape index (κ2) is 10.8. The van der Waals surface area contributed by atoms with E-state index in [9.17, 15) is 14.9 Å². The average molecular weight is 428 g/mol. The van der Waals surface area contributed by atoms with E-state index in [1.165, 1.54) is 6.07 Å². The van der Waals surface area contributed by atoms with Gasteiger partial charge in [0.2, 0.25) is 0 Å². The molecule has 0 aliphatic carbocycles. The first kappa shape index (κ1) is 23.6. The van der Waals surface area contributed by atoms with Gasteiger partial charge in [-0.15, -0.1) is 24.8 Å². The van der Waals surface area contributed by atoms with Crippen molar-refractivity contribution in [2.24, 2.45) is 0 Å². The highest BCUT2D eigenvalue weighted by atomic mass is 35.5. The zero-order valence-electron chi connectivity index (χ0n) is 15.3. The Balaban J connectivity index is 0.00000196. The normalized spacial score (nSPS) is 16.2. The number of aromatic nitrogens is 1. The summed E-state index contributed by atoms with van der Waals surface area (Å²) in [4.78, 5) is 27.6. The highest BCUT2D eigenvalue weighted by molar-refractivity contribution is 5.96. The van der Waals surface area contributed by atoms with Crippen LogP contribution in [-0.4, -0.2) is 34.9 Å². The Morgan fingerprint density at radius 3 is 2.71 bits per heavy atom. The Labute approximate surface area is 175 Å². The van der Waals surface area contributed by atoms with Crippen LogP contribution in [0.25, 0.3) is 0 Å². The van der Waals surface area contributed by atoms with Crippen LogP contribution in [-0.2, 0) is 0 Å². The number of carbonyl (C=O) groups excluding carboxylic acids is 1. The molecule has 1 aromatic heterocycles. The molecule has 3 N–H and O–H groups in total. The number of hydrogen-bond donors (Lipinski definition) is 3. The zero-order valence-corrected chi connectivity index (χ0v) is 16.9. The van der Waals surface area contributed by atoms with Crippen molar-refractivity contribution in [3.63, 3.8) is 0 Å². The van der Waals surface area contributed by atoms with E-state index in [0.717, 1.165) is 25.2 Å². The fourth-order valence-corrected chi connectivity index (χ4v) is 2.93. The number of carbonyl (C=O) groups is 1. The number of hydrogen-bond acceptors (Lipinski definition) is 6. The summed E-state index contributed by atoms with van der Waals surface area (Å²) < 4.78 is 0. The molecule has 2 aromatic rings. The van der Waals surface area contributed by atoms with Crippen LogP contribution in [0.3, 0.4) is 0 Å². The summed E-state index contributed by atoms with van der Waals surface area (Å²) in [6, 6.07) is 9.85. The van der Waals surface area contributed by atoms with Gasteiger partial charge in [0, 0.05) is 30.4 Å². The summed E-state index contributed by atoms with van der Waals surface area (Å²) in [5.41, 5.74) is 1.27. The number of nitrogens with zero attached hydrogens (tertiary/aromatic N) is 2. The second-order valence-electron chi connectivity index (χ2n) is 6.27. The predicted molar refractivity (Wildman–Crippen MR) is 113 cm³/mol. The van der Waals surface area contributed by atoms with Crippen molar-refractivity contribution in [3.8, 4) is 0 Å². The highest BCUT2D eigenvalue weighted by Crippen LogP contribution is 2.29. The zero-order chi connectivity index (χ0) is 18.5. The second-order valence-corrected chi connectivity index (χ2v) is 6.27. The summed E-state index contributed by atoms with van der Waals surface area (Å²) in [7, 11) is 0. The molecule has 152 valence electrons. The maximum Gasteiger partial charge on any atom is 0.293 e. The number of nitrogens with one attached hydrogen (secondary N) is 3. The minimum atomic E-state index is -0.485. The summed E-state index contributed by atoms with van der Waals surface area (Å²) in [5.74, 6) is -0.300. The number of rotatable bonds is 6. The van der Waals surface area contributed by atoms with Crippen molar-refractivity contribution in [2.45, 2.75) is 25.4 Å². The van der Waals surface area contributed by atoms with Gasteiger partial charge < -0.3 is 16.0 Å². The van der Waals surface area contributed by atoms with E-state index in [1.54, 1.807) is 18.3 Å². The Hall–Kier alpha value is -2.42. The van der Waals surface area contributed by atoms with E-state index in [2.05, 4.69) is 20.9 Å². The third-order valence-electron chi connectivity index (χ3n) is 4.36. The van der Waals surface area contributed by atoms with E-state index in [-0.39, 0.29) is 54.1 Å². The van der Waals surface area contributed by atoms with Gasteiger partial charge in [0.25, 0.3) is 11.6 Å². The van der Waals surface area contributed by atoms with Gasteiger partial charge >= 0.3 is 0 Å². The molecule has 1 fully saturated rings. The van der Waals surface area contributed by atoms with Crippen molar-refractivity contribution in [1.82, 2.24) is 15.6 Å². The van der Waals surface area contributed by atoms with Crippen molar-refractivity contribution in [1.29, 1.82) is 0 Å². The lowest BCUT2D eigenvalue weighted by Gasteiger charge is -2.16. The quantitative estimate of drug-likeness (QED) is 0.482. The Bertz CT molecular complexity index is 801. The molecule has 1 aromatic carbocycles. The minimum absolute atomic E-state index is 0. The molecule has 0 spiro atoms. The maximum absolute atomic E-state index is 12.3. The fourth-order valence-electron chi connectivity index (χ4n) is 2.93. The highest BCUT2D eigenvalue weighted by Gasteiger charge is 2.22. The van der Waals surface area contributed by atoms with Gasteiger partial charge in [0.15, 0.2) is 0 Å². The molecule has 0 bridgehead atoms. The largest absolute Gasteiger partial charge is 0.371 e. The number of benzene rings is 1. The minimum Gasteiger partial charge on any atom is -0.371 e. The van der Waals surface area contributed by atoms with Gasteiger partial charge in [-0.25, -0.2) is 0 Å². The number of amides is 1. The lowest BCUT2D eigenvalue weighted by Crippen LogP contribution is -2.36. The van der Waals surface area contributed by atoms with E-state index in [4.69, 9.17) is 0 Å².